The average Bonchev–Trinajstić information content (AvgIpc) is 2.72. The van der Waals surface area contributed by atoms with Gasteiger partial charge in [0.25, 0.3) is 0 Å². The van der Waals surface area contributed by atoms with Crippen molar-refractivity contribution in [3.63, 3.8) is 0 Å². The van der Waals surface area contributed by atoms with Gasteiger partial charge in [-0.15, -0.1) is 10.2 Å². The van der Waals surface area contributed by atoms with E-state index in [0.717, 1.165) is 5.56 Å². The summed E-state index contributed by atoms with van der Waals surface area (Å²) in [6, 6.07) is 0. The number of nitrogens with zero attached hydrogens (tertiary/aromatic N) is 5. The minimum atomic E-state index is 0.205. The van der Waals surface area contributed by atoms with Crippen LogP contribution in [0.3, 0.4) is 0 Å². The van der Waals surface area contributed by atoms with E-state index >= 15 is 0 Å². The number of nitrogens with one attached hydrogen (secondary N) is 2. The molecule has 0 spiro atoms. The molecule has 78 valence electrons. The van der Waals surface area contributed by atoms with E-state index in [1.54, 1.807) is 6.20 Å². The van der Waals surface area contributed by atoms with Crippen LogP contribution in [0.25, 0.3) is 0 Å². The molecule has 2 N–H and O–H groups in total. The van der Waals surface area contributed by atoms with Gasteiger partial charge in [-0.05, 0) is 18.5 Å². The minimum absolute atomic E-state index is 0.205. The van der Waals surface area contributed by atoms with Crippen molar-refractivity contribution in [3.05, 3.63) is 22.9 Å². The molecule has 2 aromatic rings. The number of aromatic nitrogens is 6. The molecule has 7 nitrogen and oxygen atoms in total. The lowest BCUT2D eigenvalue weighted by atomic mass is 10.3. The molecule has 2 heterocycles. The Balaban J connectivity index is 2.07. The van der Waals surface area contributed by atoms with Crippen LogP contribution in [0.2, 0.25) is 5.28 Å². The highest BCUT2D eigenvalue weighted by atomic mass is 35.5. The van der Waals surface area contributed by atoms with Crippen molar-refractivity contribution in [1.82, 2.24) is 30.6 Å². The topological polar surface area (TPSA) is 92.3 Å². The summed E-state index contributed by atoms with van der Waals surface area (Å²) in [5.41, 5.74) is 0.905. The molecule has 0 aliphatic heterocycles. The van der Waals surface area contributed by atoms with Gasteiger partial charge in [-0.25, -0.2) is 9.97 Å². The van der Waals surface area contributed by atoms with E-state index in [1.807, 2.05) is 6.92 Å². The molecule has 0 amide bonds. The average molecular weight is 226 g/mol. The molecular weight excluding hydrogens is 218 g/mol. The summed E-state index contributed by atoms with van der Waals surface area (Å²) >= 11 is 5.67. The summed E-state index contributed by atoms with van der Waals surface area (Å²) in [5.74, 6) is 1.23. The summed E-state index contributed by atoms with van der Waals surface area (Å²) in [7, 11) is 0. The van der Waals surface area contributed by atoms with Crippen LogP contribution in [0, 0.1) is 6.92 Å². The molecule has 0 radical (unpaired) electrons. The van der Waals surface area contributed by atoms with E-state index in [0.29, 0.717) is 18.2 Å². The quantitative estimate of drug-likeness (QED) is 0.742. The molecule has 8 heteroatoms. The third kappa shape index (κ3) is 2.38. The molecule has 0 fully saturated rings. The largest absolute Gasteiger partial charge is 0.362 e. The molecule has 0 aliphatic carbocycles. The first-order valence-electron chi connectivity index (χ1n) is 4.21. The zero-order valence-corrected chi connectivity index (χ0v) is 8.65. The second-order valence-electron chi connectivity index (χ2n) is 2.85. The van der Waals surface area contributed by atoms with E-state index in [2.05, 4.69) is 35.9 Å². The number of tetrazole rings is 1. The summed E-state index contributed by atoms with van der Waals surface area (Å²) in [4.78, 5) is 7.88. The van der Waals surface area contributed by atoms with E-state index < -0.39 is 0 Å². The highest BCUT2D eigenvalue weighted by Crippen LogP contribution is 2.12. The predicted molar refractivity (Wildman–Crippen MR) is 53.3 cm³/mol. The van der Waals surface area contributed by atoms with Crippen LogP contribution in [0.4, 0.5) is 5.82 Å². The highest BCUT2D eigenvalue weighted by molar-refractivity contribution is 6.28. The minimum Gasteiger partial charge on any atom is -0.362 e. The summed E-state index contributed by atoms with van der Waals surface area (Å²) in [5, 5.41) is 16.6. The Bertz CT molecular complexity index is 441. The maximum atomic E-state index is 5.67. The lowest BCUT2D eigenvalue weighted by Gasteiger charge is -2.05. The molecule has 0 atom stereocenters. The van der Waals surface area contributed by atoms with Crippen LogP contribution in [0.5, 0.6) is 0 Å². The van der Waals surface area contributed by atoms with Gasteiger partial charge in [0.15, 0.2) is 5.82 Å². The van der Waals surface area contributed by atoms with Gasteiger partial charge in [0, 0.05) is 11.8 Å². The number of hydrogen-bond acceptors (Lipinski definition) is 6. The molecule has 2 rings (SSSR count). The Morgan fingerprint density at radius 1 is 1.53 bits per heavy atom. The smallest absolute Gasteiger partial charge is 0.224 e. The fourth-order valence-electron chi connectivity index (χ4n) is 1.02. The number of anilines is 1. The number of aryl methyl sites for hydroxylation is 1. The SMILES string of the molecule is Cc1cnc(Cl)nc1NCc1nn[nH]n1. The van der Waals surface area contributed by atoms with Crippen LogP contribution in [0.15, 0.2) is 6.20 Å². The van der Waals surface area contributed by atoms with E-state index in [9.17, 15) is 0 Å². The van der Waals surface area contributed by atoms with Gasteiger partial charge in [-0.3, -0.25) is 0 Å². The zero-order valence-electron chi connectivity index (χ0n) is 7.90. The lowest BCUT2D eigenvalue weighted by molar-refractivity contribution is 0.881. The Labute approximate surface area is 90.3 Å². The Morgan fingerprint density at radius 2 is 2.40 bits per heavy atom. The van der Waals surface area contributed by atoms with Gasteiger partial charge in [-0.1, -0.05) is 5.21 Å². The van der Waals surface area contributed by atoms with Crippen LogP contribution in [-0.2, 0) is 6.54 Å². The highest BCUT2D eigenvalue weighted by Gasteiger charge is 2.03. The van der Waals surface area contributed by atoms with Crippen LogP contribution >= 0.6 is 11.6 Å². The third-order valence-corrected chi connectivity index (χ3v) is 1.93. The molecule has 0 saturated heterocycles. The first-order valence-corrected chi connectivity index (χ1v) is 4.59. The molecular formula is C7H8ClN7. The Kier molecular flexibility index (Phi) is 2.72. The van der Waals surface area contributed by atoms with Crippen molar-refractivity contribution in [2.45, 2.75) is 13.5 Å². The second kappa shape index (κ2) is 4.18. The predicted octanol–water partition coefficient (Wildman–Crippen LogP) is 0.564. The number of aromatic amines is 1. The van der Waals surface area contributed by atoms with Gasteiger partial charge in [0.05, 0.1) is 6.54 Å². The molecule has 15 heavy (non-hydrogen) atoms. The molecule has 0 saturated carbocycles. The summed E-state index contributed by atoms with van der Waals surface area (Å²) in [6.45, 7) is 2.32. The first-order chi connectivity index (χ1) is 7.25. The van der Waals surface area contributed by atoms with Gasteiger partial charge < -0.3 is 5.32 Å². The fourth-order valence-corrected chi connectivity index (χ4v) is 1.15. The zero-order chi connectivity index (χ0) is 10.7. The molecule has 0 aromatic carbocycles. The van der Waals surface area contributed by atoms with Crippen LogP contribution in [-0.4, -0.2) is 30.6 Å². The Morgan fingerprint density at radius 3 is 3.13 bits per heavy atom. The normalized spacial score (nSPS) is 10.3. The molecule has 0 bridgehead atoms. The van der Waals surface area contributed by atoms with Crippen molar-refractivity contribution in [3.8, 4) is 0 Å². The molecule has 2 aromatic heterocycles. The van der Waals surface area contributed by atoms with Gasteiger partial charge >= 0.3 is 0 Å². The Hall–Kier alpha value is -1.76. The summed E-state index contributed by atoms with van der Waals surface area (Å²) < 4.78 is 0. The lowest BCUT2D eigenvalue weighted by Crippen LogP contribution is -2.05. The van der Waals surface area contributed by atoms with E-state index in [4.69, 9.17) is 11.6 Å². The van der Waals surface area contributed by atoms with Crippen molar-refractivity contribution in [1.29, 1.82) is 0 Å². The van der Waals surface area contributed by atoms with E-state index in [1.165, 1.54) is 0 Å². The maximum Gasteiger partial charge on any atom is 0.224 e. The summed E-state index contributed by atoms with van der Waals surface area (Å²) in [6.07, 6.45) is 1.65. The number of H-pyrrole nitrogens is 1. The van der Waals surface area contributed by atoms with Crippen molar-refractivity contribution < 1.29 is 0 Å². The van der Waals surface area contributed by atoms with Crippen LogP contribution < -0.4 is 5.32 Å². The fraction of sp³-hybridized carbons (Fsp3) is 0.286. The van der Waals surface area contributed by atoms with Crippen molar-refractivity contribution >= 4 is 17.4 Å². The van der Waals surface area contributed by atoms with Gasteiger partial charge in [-0.2, -0.15) is 5.21 Å². The van der Waals surface area contributed by atoms with E-state index in [-0.39, 0.29) is 5.28 Å². The van der Waals surface area contributed by atoms with Crippen molar-refractivity contribution in [2.75, 3.05) is 5.32 Å². The van der Waals surface area contributed by atoms with Gasteiger partial charge in [0.2, 0.25) is 5.28 Å². The van der Waals surface area contributed by atoms with Crippen LogP contribution in [0.1, 0.15) is 11.4 Å². The standard InChI is InChI=1S/C7H8ClN7/c1-4-2-10-7(8)11-6(4)9-3-5-12-14-15-13-5/h2H,3H2,1H3,(H,9,10,11)(H,12,13,14,15). The monoisotopic (exact) mass is 225 g/mol. The number of hydrogen-bond donors (Lipinski definition) is 2. The third-order valence-electron chi connectivity index (χ3n) is 1.75. The molecule has 0 aliphatic rings. The second-order valence-corrected chi connectivity index (χ2v) is 3.19. The molecule has 0 unspecified atom stereocenters. The first kappa shape index (κ1) is 9.78. The van der Waals surface area contributed by atoms with Gasteiger partial charge in [0.1, 0.15) is 5.82 Å². The number of halogens is 1. The maximum absolute atomic E-state index is 5.67. The van der Waals surface area contributed by atoms with Crippen molar-refractivity contribution in [2.24, 2.45) is 0 Å². The number of rotatable bonds is 3.